The van der Waals surface area contributed by atoms with Crippen LogP contribution in [0.2, 0.25) is 0 Å². The first kappa shape index (κ1) is 20.6. The van der Waals surface area contributed by atoms with Gasteiger partial charge in [0.2, 0.25) is 0 Å². The molecule has 0 N–H and O–H groups in total. The smallest absolute Gasteiger partial charge is 0.179 e. The monoisotopic (exact) mass is 446 g/mol. The SMILES string of the molecule is CC1(C)OC[C@@H]2CC3C4CC[C@](C(=O)CCl)(O1)[C@@]4(C)C[C@@H]1O[C@]31[C@@]1(C)C=CC(=O)C=C21. The van der Waals surface area contributed by atoms with Crippen molar-refractivity contribution in [3.8, 4) is 0 Å². The van der Waals surface area contributed by atoms with Gasteiger partial charge in [-0.05, 0) is 76.0 Å². The second-order valence-electron chi connectivity index (χ2n) is 11.4. The van der Waals surface area contributed by atoms with Crippen molar-refractivity contribution in [3.05, 3.63) is 23.8 Å². The van der Waals surface area contributed by atoms with Crippen LogP contribution in [0, 0.1) is 28.6 Å². The van der Waals surface area contributed by atoms with E-state index in [2.05, 4.69) is 19.9 Å². The van der Waals surface area contributed by atoms with Crippen LogP contribution in [0.4, 0.5) is 0 Å². The quantitative estimate of drug-likeness (QED) is 0.474. The molecule has 2 unspecified atom stereocenters. The molecule has 5 bridgehead atoms. The van der Waals surface area contributed by atoms with Gasteiger partial charge in [-0.1, -0.05) is 13.0 Å². The number of Topliss-reactive ketones (excluding diaryl/α,β-unsaturated/α-hetero) is 1. The average Bonchev–Trinajstić information content (AvgIpc) is 3.37. The number of ether oxygens (including phenoxy) is 3. The molecule has 5 fully saturated rings. The summed E-state index contributed by atoms with van der Waals surface area (Å²) in [6.45, 7) is 8.72. The number of fused-ring (bicyclic) bond motifs is 3. The summed E-state index contributed by atoms with van der Waals surface area (Å²) in [5.74, 6) is -0.265. The number of alkyl halides is 1. The van der Waals surface area contributed by atoms with Crippen LogP contribution in [0.15, 0.2) is 23.8 Å². The van der Waals surface area contributed by atoms with Crippen LogP contribution in [-0.2, 0) is 23.8 Å². The van der Waals surface area contributed by atoms with E-state index in [4.69, 9.17) is 25.8 Å². The number of carbonyl (C=O) groups is 2. The Morgan fingerprint density at radius 1 is 1.23 bits per heavy atom. The summed E-state index contributed by atoms with van der Waals surface area (Å²) in [5, 5.41) is 0. The standard InChI is InChI=1S/C25H31ClO5/c1-21(2)29-13-14-9-18-16-6-8-24(31-21,19(28)12-26)23(16,4)11-20-25(18,30-20)22(3)7-5-15(27)10-17(14)22/h5,7,10,14,16,18,20H,6,8-9,11-13H2,1-4H3/t14-,16?,18?,20-,22-,23-,24+,25+/m0/s1. The molecule has 168 valence electrons. The van der Waals surface area contributed by atoms with E-state index in [1.807, 2.05) is 19.9 Å². The lowest BCUT2D eigenvalue weighted by molar-refractivity contribution is -0.296. The third-order valence-electron chi connectivity index (χ3n) is 9.84. The third kappa shape index (κ3) is 2.24. The Kier molecular flexibility index (Phi) is 3.92. The van der Waals surface area contributed by atoms with E-state index >= 15 is 0 Å². The second kappa shape index (κ2) is 5.91. The lowest BCUT2D eigenvalue weighted by atomic mass is 9.45. The van der Waals surface area contributed by atoms with Gasteiger partial charge < -0.3 is 14.2 Å². The first-order chi connectivity index (χ1) is 14.5. The Balaban J connectivity index is 1.56. The largest absolute Gasteiger partial charge is 0.364 e. The summed E-state index contributed by atoms with van der Waals surface area (Å²) in [5.41, 5.74) is -0.799. The normalized spacial score (nSPS) is 53.5. The van der Waals surface area contributed by atoms with E-state index in [1.54, 1.807) is 6.08 Å². The Labute approximate surface area is 188 Å². The molecule has 31 heavy (non-hydrogen) atoms. The number of hydrogen-bond donors (Lipinski definition) is 0. The Morgan fingerprint density at radius 3 is 2.74 bits per heavy atom. The van der Waals surface area contributed by atoms with Crippen LogP contribution in [0.1, 0.15) is 53.4 Å². The molecule has 0 aromatic carbocycles. The number of carbonyl (C=O) groups excluding carboxylic acids is 2. The van der Waals surface area contributed by atoms with E-state index < -0.39 is 11.4 Å². The first-order valence-electron chi connectivity index (χ1n) is 11.6. The highest BCUT2D eigenvalue weighted by Crippen LogP contribution is 2.77. The summed E-state index contributed by atoms with van der Waals surface area (Å²) in [7, 11) is 0. The first-order valence-corrected chi connectivity index (χ1v) is 12.1. The fourth-order valence-electron chi connectivity index (χ4n) is 8.54. The van der Waals surface area contributed by atoms with Crippen LogP contribution in [0.5, 0.6) is 0 Å². The molecule has 6 rings (SSSR count). The molecule has 3 saturated carbocycles. The number of halogens is 1. The van der Waals surface area contributed by atoms with Crippen molar-refractivity contribution in [3.63, 3.8) is 0 Å². The molecular formula is C25H31ClO5. The zero-order valence-corrected chi connectivity index (χ0v) is 19.5. The molecule has 0 aromatic rings. The molecule has 0 radical (unpaired) electrons. The predicted molar refractivity (Wildman–Crippen MR) is 115 cm³/mol. The van der Waals surface area contributed by atoms with Crippen molar-refractivity contribution in [2.45, 2.75) is 76.5 Å². The zero-order valence-electron chi connectivity index (χ0n) is 18.7. The summed E-state index contributed by atoms with van der Waals surface area (Å²) in [6, 6.07) is 0. The van der Waals surface area contributed by atoms with Gasteiger partial charge in [0.05, 0.1) is 18.6 Å². The molecule has 6 heteroatoms. The van der Waals surface area contributed by atoms with Gasteiger partial charge in [0, 0.05) is 16.7 Å². The van der Waals surface area contributed by atoms with Gasteiger partial charge in [-0.25, -0.2) is 0 Å². The van der Waals surface area contributed by atoms with Gasteiger partial charge in [-0.2, -0.15) is 0 Å². The van der Waals surface area contributed by atoms with E-state index in [1.165, 1.54) is 0 Å². The van der Waals surface area contributed by atoms with Gasteiger partial charge in [0.15, 0.2) is 17.4 Å². The van der Waals surface area contributed by atoms with Crippen LogP contribution < -0.4 is 0 Å². The fourth-order valence-corrected chi connectivity index (χ4v) is 8.75. The molecule has 2 saturated heterocycles. The van der Waals surface area contributed by atoms with Crippen molar-refractivity contribution >= 4 is 23.2 Å². The van der Waals surface area contributed by atoms with Crippen molar-refractivity contribution in [2.24, 2.45) is 28.6 Å². The fraction of sp³-hybridized carbons (Fsp3) is 0.760. The number of epoxide rings is 1. The number of ketones is 2. The van der Waals surface area contributed by atoms with Crippen molar-refractivity contribution in [1.29, 1.82) is 0 Å². The van der Waals surface area contributed by atoms with Gasteiger partial charge in [-0.15, -0.1) is 11.6 Å². The lowest BCUT2D eigenvalue weighted by Crippen LogP contribution is -2.65. The van der Waals surface area contributed by atoms with Crippen LogP contribution in [-0.4, -0.2) is 47.1 Å². The van der Waals surface area contributed by atoms with Crippen molar-refractivity contribution in [2.75, 3.05) is 12.5 Å². The second-order valence-corrected chi connectivity index (χ2v) is 11.7. The summed E-state index contributed by atoms with van der Waals surface area (Å²) in [6.07, 6.45) is 8.95. The van der Waals surface area contributed by atoms with Crippen molar-refractivity contribution in [1.82, 2.24) is 0 Å². The van der Waals surface area contributed by atoms with E-state index in [-0.39, 0.29) is 45.9 Å². The molecule has 5 nitrogen and oxygen atoms in total. The molecule has 4 aliphatic carbocycles. The molecule has 0 amide bonds. The summed E-state index contributed by atoms with van der Waals surface area (Å²) in [4.78, 5) is 25.8. The maximum absolute atomic E-state index is 13.4. The van der Waals surface area contributed by atoms with Crippen LogP contribution in [0.25, 0.3) is 0 Å². The number of rotatable bonds is 2. The van der Waals surface area contributed by atoms with E-state index in [0.717, 1.165) is 24.8 Å². The topological polar surface area (TPSA) is 65.1 Å². The third-order valence-corrected chi connectivity index (χ3v) is 10.1. The molecule has 2 heterocycles. The molecule has 2 aliphatic heterocycles. The van der Waals surface area contributed by atoms with Gasteiger partial charge >= 0.3 is 0 Å². The highest BCUT2D eigenvalue weighted by atomic mass is 35.5. The molecular weight excluding hydrogens is 416 g/mol. The Hall–Kier alpha value is -1.01. The number of hydrogen-bond acceptors (Lipinski definition) is 5. The van der Waals surface area contributed by atoms with Crippen LogP contribution >= 0.6 is 11.6 Å². The minimum absolute atomic E-state index is 0.0353. The average molecular weight is 447 g/mol. The Morgan fingerprint density at radius 2 is 2.00 bits per heavy atom. The highest BCUT2D eigenvalue weighted by molar-refractivity contribution is 6.29. The minimum Gasteiger partial charge on any atom is -0.364 e. The molecule has 0 aromatic heterocycles. The maximum Gasteiger partial charge on any atom is 0.179 e. The number of allylic oxidation sites excluding steroid dienone is 2. The summed E-state index contributed by atoms with van der Waals surface area (Å²) < 4.78 is 19.7. The van der Waals surface area contributed by atoms with Gasteiger partial charge in [0.1, 0.15) is 11.2 Å². The van der Waals surface area contributed by atoms with Gasteiger partial charge in [-0.3, -0.25) is 9.59 Å². The van der Waals surface area contributed by atoms with Gasteiger partial charge in [0.25, 0.3) is 0 Å². The van der Waals surface area contributed by atoms with Crippen molar-refractivity contribution < 1.29 is 23.8 Å². The van der Waals surface area contributed by atoms with Crippen LogP contribution in [0.3, 0.4) is 0 Å². The lowest BCUT2D eigenvalue weighted by Gasteiger charge is -2.59. The summed E-state index contributed by atoms with van der Waals surface area (Å²) >= 11 is 6.16. The minimum atomic E-state index is -0.955. The van der Waals surface area contributed by atoms with E-state index in [0.29, 0.717) is 24.9 Å². The van der Waals surface area contributed by atoms with E-state index in [9.17, 15) is 9.59 Å². The molecule has 8 atom stereocenters. The molecule has 1 spiro atoms. The highest BCUT2D eigenvalue weighted by Gasteiger charge is 2.82. The predicted octanol–water partition coefficient (Wildman–Crippen LogP) is 3.98. The Bertz CT molecular complexity index is 954. The maximum atomic E-state index is 13.4. The molecule has 6 aliphatic rings. The zero-order chi connectivity index (χ0) is 22.0.